The number of hydrogen-bond acceptors (Lipinski definition) is 5. The van der Waals surface area contributed by atoms with Crippen molar-refractivity contribution in [2.75, 3.05) is 19.8 Å². The summed E-state index contributed by atoms with van der Waals surface area (Å²) >= 11 is 0. The minimum atomic E-state index is -0.687. The Morgan fingerprint density at radius 2 is 1.72 bits per heavy atom. The Balaban J connectivity index is 1.82. The van der Waals surface area contributed by atoms with Gasteiger partial charge in [0.1, 0.15) is 13.2 Å². The van der Waals surface area contributed by atoms with Gasteiger partial charge in [0.05, 0.1) is 5.41 Å². The van der Waals surface area contributed by atoms with Crippen LogP contribution in [0, 0.1) is 5.41 Å². The lowest BCUT2D eigenvalue weighted by Gasteiger charge is -2.29. The van der Waals surface area contributed by atoms with Crippen molar-refractivity contribution >= 4 is 11.8 Å². The zero-order chi connectivity index (χ0) is 18.1. The van der Waals surface area contributed by atoms with Crippen LogP contribution in [0.5, 0.6) is 11.5 Å². The number of rotatable bonds is 4. The van der Waals surface area contributed by atoms with Gasteiger partial charge < -0.3 is 14.2 Å². The maximum absolute atomic E-state index is 12.9. The van der Waals surface area contributed by atoms with Crippen molar-refractivity contribution in [2.24, 2.45) is 5.41 Å². The molecular weight excluding hydrogens is 320 g/mol. The van der Waals surface area contributed by atoms with Gasteiger partial charge in [-0.2, -0.15) is 0 Å². The molecule has 1 aromatic carbocycles. The first-order valence-corrected chi connectivity index (χ1v) is 8.94. The number of carbonyl (C=O) groups is 2. The summed E-state index contributed by atoms with van der Waals surface area (Å²) in [7, 11) is 0. The molecule has 1 heterocycles. The van der Waals surface area contributed by atoms with Crippen LogP contribution in [0.15, 0.2) is 18.2 Å². The highest BCUT2D eigenvalue weighted by atomic mass is 16.6. The Morgan fingerprint density at radius 3 is 2.36 bits per heavy atom. The maximum atomic E-state index is 12.9. The van der Waals surface area contributed by atoms with Crippen molar-refractivity contribution in [3.8, 4) is 11.5 Å². The zero-order valence-electron chi connectivity index (χ0n) is 15.2. The minimum Gasteiger partial charge on any atom is -0.486 e. The predicted octanol–water partition coefficient (Wildman–Crippen LogP) is 3.43. The third-order valence-corrected chi connectivity index (χ3v) is 5.11. The molecule has 136 valence electrons. The second-order valence-electron chi connectivity index (χ2n) is 7.90. The SMILES string of the molecule is CC(C)(C)C(=O)COC(=O)C1(c2ccc3c(c2)OCCO3)CCCC1. The van der Waals surface area contributed by atoms with Crippen LogP contribution in [0.2, 0.25) is 0 Å². The molecule has 0 N–H and O–H groups in total. The summed E-state index contributed by atoms with van der Waals surface area (Å²) in [5, 5.41) is 0. The highest BCUT2D eigenvalue weighted by Crippen LogP contribution is 2.45. The van der Waals surface area contributed by atoms with Crippen LogP contribution in [0.3, 0.4) is 0 Å². The first-order valence-electron chi connectivity index (χ1n) is 8.94. The van der Waals surface area contributed by atoms with E-state index < -0.39 is 10.8 Å². The number of fused-ring (bicyclic) bond motifs is 1. The maximum Gasteiger partial charge on any atom is 0.316 e. The normalized spacial score (nSPS) is 18.7. The smallest absolute Gasteiger partial charge is 0.316 e. The first kappa shape index (κ1) is 17.8. The molecule has 0 spiro atoms. The van der Waals surface area contributed by atoms with E-state index in [0.29, 0.717) is 24.7 Å². The molecule has 0 radical (unpaired) electrons. The third kappa shape index (κ3) is 3.51. The summed E-state index contributed by atoms with van der Waals surface area (Å²) in [6, 6.07) is 5.68. The number of benzene rings is 1. The van der Waals surface area contributed by atoms with Gasteiger partial charge in [0.25, 0.3) is 0 Å². The number of esters is 1. The van der Waals surface area contributed by atoms with E-state index in [1.807, 2.05) is 39.0 Å². The van der Waals surface area contributed by atoms with Crippen LogP contribution in [-0.2, 0) is 19.7 Å². The Bertz CT molecular complexity index is 665. The molecule has 1 aromatic rings. The second kappa shape index (κ2) is 6.70. The molecule has 2 aliphatic rings. The van der Waals surface area contributed by atoms with Crippen molar-refractivity contribution < 1.29 is 23.8 Å². The standard InChI is InChI=1S/C20H26O5/c1-19(2,3)17(21)13-25-18(22)20(8-4-5-9-20)14-6-7-15-16(12-14)24-11-10-23-15/h6-7,12H,4-5,8-11,13H2,1-3H3. The summed E-state index contributed by atoms with van der Waals surface area (Å²) in [6.45, 7) is 6.36. The van der Waals surface area contributed by atoms with E-state index in [2.05, 4.69) is 0 Å². The van der Waals surface area contributed by atoms with Crippen molar-refractivity contribution in [2.45, 2.75) is 51.9 Å². The summed E-state index contributed by atoms with van der Waals surface area (Å²) in [5.74, 6) is 1.00. The molecule has 25 heavy (non-hydrogen) atoms. The predicted molar refractivity (Wildman–Crippen MR) is 93.0 cm³/mol. The van der Waals surface area contributed by atoms with Crippen molar-refractivity contribution in [3.05, 3.63) is 23.8 Å². The second-order valence-corrected chi connectivity index (χ2v) is 7.90. The molecule has 5 heteroatoms. The fourth-order valence-electron chi connectivity index (χ4n) is 3.42. The molecule has 0 bridgehead atoms. The molecule has 3 rings (SSSR count). The number of hydrogen-bond donors (Lipinski definition) is 0. The topological polar surface area (TPSA) is 61.8 Å². The fraction of sp³-hybridized carbons (Fsp3) is 0.600. The van der Waals surface area contributed by atoms with Gasteiger partial charge in [0.2, 0.25) is 0 Å². The van der Waals surface area contributed by atoms with Crippen LogP contribution >= 0.6 is 0 Å². The molecule has 0 saturated heterocycles. The molecule has 1 aliphatic heterocycles. The lowest BCUT2D eigenvalue weighted by Crippen LogP contribution is -2.37. The quantitative estimate of drug-likeness (QED) is 0.782. The highest BCUT2D eigenvalue weighted by molar-refractivity contribution is 5.89. The largest absolute Gasteiger partial charge is 0.486 e. The Hall–Kier alpha value is -2.04. The zero-order valence-corrected chi connectivity index (χ0v) is 15.2. The van der Waals surface area contributed by atoms with Gasteiger partial charge in [-0.05, 0) is 30.5 Å². The van der Waals surface area contributed by atoms with Crippen molar-refractivity contribution in [1.29, 1.82) is 0 Å². The monoisotopic (exact) mass is 346 g/mol. The van der Waals surface area contributed by atoms with Gasteiger partial charge >= 0.3 is 5.97 Å². The van der Waals surface area contributed by atoms with Gasteiger partial charge in [0, 0.05) is 5.41 Å². The number of ether oxygens (including phenoxy) is 3. The van der Waals surface area contributed by atoms with E-state index in [0.717, 1.165) is 31.2 Å². The van der Waals surface area contributed by atoms with E-state index in [-0.39, 0.29) is 18.4 Å². The molecule has 1 aliphatic carbocycles. The fourth-order valence-corrected chi connectivity index (χ4v) is 3.42. The van der Waals surface area contributed by atoms with Crippen LogP contribution in [0.25, 0.3) is 0 Å². The van der Waals surface area contributed by atoms with Crippen LogP contribution < -0.4 is 9.47 Å². The van der Waals surface area contributed by atoms with E-state index in [1.54, 1.807) is 0 Å². The van der Waals surface area contributed by atoms with E-state index in [1.165, 1.54) is 0 Å². The first-order chi connectivity index (χ1) is 11.8. The molecule has 5 nitrogen and oxygen atoms in total. The summed E-state index contributed by atoms with van der Waals surface area (Å²) in [4.78, 5) is 25.0. The average Bonchev–Trinajstić information content (AvgIpc) is 3.09. The van der Waals surface area contributed by atoms with Gasteiger partial charge in [0.15, 0.2) is 23.9 Å². The summed E-state index contributed by atoms with van der Waals surface area (Å²) in [5.41, 5.74) is -0.309. The number of ketones is 1. The molecule has 1 fully saturated rings. The van der Waals surface area contributed by atoms with Gasteiger partial charge in [-0.1, -0.05) is 39.7 Å². The van der Waals surface area contributed by atoms with E-state index >= 15 is 0 Å². The van der Waals surface area contributed by atoms with Gasteiger partial charge in [-0.25, -0.2) is 0 Å². The molecule has 0 atom stereocenters. The highest BCUT2D eigenvalue weighted by Gasteiger charge is 2.45. The van der Waals surface area contributed by atoms with Crippen LogP contribution in [0.1, 0.15) is 52.0 Å². The number of carbonyl (C=O) groups excluding carboxylic acids is 2. The Labute approximate surface area is 148 Å². The molecule has 1 saturated carbocycles. The molecule has 0 unspecified atom stereocenters. The van der Waals surface area contributed by atoms with Crippen molar-refractivity contribution in [3.63, 3.8) is 0 Å². The molecule has 0 amide bonds. The van der Waals surface area contributed by atoms with Gasteiger partial charge in [-0.3, -0.25) is 9.59 Å². The van der Waals surface area contributed by atoms with E-state index in [9.17, 15) is 9.59 Å². The molecule has 0 aromatic heterocycles. The summed E-state index contributed by atoms with van der Waals surface area (Å²) in [6.07, 6.45) is 3.40. The summed E-state index contributed by atoms with van der Waals surface area (Å²) < 4.78 is 16.7. The number of Topliss-reactive ketones (excluding diaryl/α,β-unsaturated/α-hetero) is 1. The van der Waals surface area contributed by atoms with Gasteiger partial charge in [-0.15, -0.1) is 0 Å². The Kier molecular flexibility index (Phi) is 4.76. The lowest BCUT2D eigenvalue weighted by atomic mass is 9.78. The van der Waals surface area contributed by atoms with Crippen LogP contribution in [-0.4, -0.2) is 31.6 Å². The van der Waals surface area contributed by atoms with E-state index in [4.69, 9.17) is 14.2 Å². The third-order valence-electron chi connectivity index (χ3n) is 5.11. The lowest BCUT2D eigenvalue weighted by molar-refractivity contribution is -0.155. The minimum absolute atomic E-state index is 0.0730. The van der Waals surface area contributed by atoms with Crippen molar-refractivity contribution in [1.82, 2.24) is 0 Å². The molecular formula is C20H26O5. The average molecular weight is 346 g/mol. The van der Waals surface area contributed by atoms with Crippen LogP contribution in [0.4, 0.5) is 0 Å². The Morgan fingerprint density at radius 1 is 1.08 bits per heavy atom.